The highest BCUT2D eigenvalue weighted by Crippen LogP contribution is 2.39. The first-order valence-corrected chi connectivity index (χ1v) is 10.7. The fourth-order valence-electron chi connectivity index (χ4n) is 4.58. The summed E-state index contributed by atoms with van der Waals surface area (Å²) in [7, 11) is 1.66. The van der Waals surface area contributed by atoms with E-state index in [1.54, 1.807) is 7.11 Å². The van der Waals surface area contributed by atoms with Gasteiger partial charge in [0.2, 0.25) is 11.8 Å². The molecule has 0 radical (unpaired) electrons. The van der Waals surface area contributed by atoms with Crippen molar-refractivity contribution in [3.8, 4) is 5.75 Å². The van der Waals surface area contributed by atoms with Crippen molar-refractivity contribution in [3.05, 3.63) is 29.8 Å². The molecule has 28 heavy (non-hydrogen) atoms. The molecule has 1 heterocycles. The van der Waals surface area contributed by atoms with E-state index in [2.05, 4.69) is 19.2 Å². The molecule has 2 fully saturated rings. The van der Waals surface area contributed by atoms with Gasteiger partial charge in [-0.1, -0.05) is 44.9 Å². The zero-order chi connectivity index (χ0) is 20.1. The first kappa shape index (κ1) is 20.7. The molecule has 1 aliphatic carbocycles. The van der Waals surface area contributed by atoms with Gasteiger partial charge in [-0.05, 0) is 36.8 Å². The highest BCUT2D eigenvalue weighted by molar-refractivity contribution is 5.84. The van der Waals surface area contributed by atoms with E-state index in [0.717, 1.165) is 43.4 Å². The topological polar surface area (TPSA) is 58.6 Å². The van der Waals surface area contributed by atoms with Crippen molar-refractivity contribution in [2.24, 2.45) is 17.8 Å². The van der Waals surface area contributed by atoms with Crippen LogP contribution in [0.5, 0.6) is 5.75 Å². The van der Waals surface area contributed by atoms with E-state index in [1.807, 2.05) is 29.2 Å². The quantitative estimate of drug-likeness (QED) is 0.779. The first-order valence-electron chi connectivity index (χ1n) is 10.7. The number of likely N-dealkylation sites (tertiary alicyclic amines) is 1. The van der Waals surface area contributed by atoms with E-state index in [0.29, 0.717) is 25.6 Å². The molecule has 1 aromatic carbocycles. The highest BCUT2D eigenvalue weighted by Gasteiger charge is 2.42. The van der Waals surface area contributed by atoms with E-state index in [-0.39, 0.29) is 29.6 Å². The highest BCUT2D eigenvalue weighted by atomic mass is 16.5. The Hall–Kier alpha value is -2.04. The lowest BCUT2D eigenvalue weighted by atomic mass is 9.87. The van der Waals surface area contributed by atoms with Gasteiger partial charge in [-0.3, -0.25) is 9.59 Å². The van der Waals surface area contributed by atoms with E-state index in [1.165, 1.54) is 0 Å². The molecular formula is C23H34N2O3. The monoisotopic (exact) mass is 386 g/mol. The van der Waals surface area contributed by atoms with Crippen molar-refractivity contribution in [3.63, 3.8) is 0 Å². The van der Waals surface area contributed by atoms with Crippen molar-refractivity contribution in [1.29, 1.82) is 0 Å². The van der Waals surface area contributed by atoms with Gasteiger partial charge in [0.25, 0.3) is 0 Å². The summed E-state index contributed by atoms with van der Waals surface area (Å²) in [5, 5.41) is 3.10. The van der Waals surface area contributed by atoms with Gasteiger partial charge < -0.3 is 15.0 Å². The number of ether oxygens (including phenoxy) is 1. The Morgan fingerprint density at radius 2 is 1.89 bits per heavy atom. The maximum absolute atomic E-state index is 13.0. The van der Waals surface area contributed by atoms with Crippen molar-refractivity contribution in [2.75, 3.05) is 26.7 Å². The van der Waals surface area contributed by atoms with Gasteiger partial charge in [0, 0.05) is 31.5 Å². The van der Waals surface area contributed by atoms with Gasteiger partial charge in [0.05, 0.1) is 13.0 Å². The number of benzene rings is 1. The molecule has 0 spiro atoms. The van der Waals surface area contributed by atoms with E-state index in [9.17, 15) is 9.59 Å². The van der Waals surface area contributed by atoms with Crippen LogP contribution in [0.15, 0.2) is 24.3 Å². The number of carbonyl (C=O) groups excluding carboxylic acids is 2. The average molecular weight is 387 g/mol. The summed E-state index contributed by atoms with van der Waals surface area (Å²) in [6, 6.07) is 7.88. The Kier molecular flexibility index (Phi) is 6.97. The van der Waals surface area contributed by atoms with Crippen LogP contribution in [0.4, 0.5) is 0 Å². The van der Waals surface area contributed by atoms with Crippen LogP contribution in [0.3, 0.4) is 0 Å². The van der Waals surface area contributed by atoms with Gasteiger partial charge in [-0.25, -0.2) is 0 Å². The van der Waals surface area contributed by atoms with Gasteiger partial charge in [0.15, 0.2) is 0 Å². The number of rotatable bonds is 7. The first-order chi connectivity index (χ1) is 13.5. The Bertz CT molecular complexity index is 682. The Balaban J connectivity index is 1.78. The summed E-state index contributed by atoms with van der Waals surface area (Å²) in [6.45, 7) is 6.09. The van der Waals surface area contributed by atoms with Crippen LogP contribution < -0.4 is 10.1 Å². The second-order valence-electron chi connectivity index (χ2n) is 8.65. The predicted molar refractivity (Wildman–Crippen MR) is 110 cm³/mol. The summed E-state index contributed by atoms with van der Waals surface area (Å²) >= 11 is 0. The third kappa shape index (κ3) is 4.68. The fourth-order valence-corrected chi connectivity index (χ4v) is 4.58. The van der Waals surface area contributed by atoms with Gasteiger partial charge in [-0.15, -0.1) is 0 Å². The van der Waals surface area contributed by atoms with Gasteiger partial charge in [0.1, 0.15) is 5.75 Å². The van der Waals surface area contributed by atoms with E-state index in [4.69, 9.17) is 4.74 Å². The zero-order valence-electron chi connectivity index (χ0n) is 17.4. The van der Waals surface area contributed by atoms with Crippen molar-refractivity contribution >= 4 is 11.8 Å². The van der Waals surface area contributed by atoms with Crippen molar-refractivity contribution < 1.29 is 14.3 Å². The molecule has 3 rings (SSSR count). The van der Waals surface area contributed by atoms with Gasteiger partial charge in [-0.2, -0.15) is 0 Å². The molecule has 1 saturated carbocycles. The van der Waals surface area contributed by atoms with Crippen molar-refractivity contribution in [2.45, 2.75) is 51.9 Å². The predicted octanol–water partition coefficient (Wildman–Crippen LogP) is 3.59. The third-order valence-electron chi connectivity index (χ3n) is 6.23. The van der Waals surface area contributed by atoms with Gasteiger partial charge >= 0.3 is 0 Å². The van der Waals surface area contributed by atoms with Crippen LogP contribution in [-0.4, -0.2) is 43.5 Å². The second kappa shape index (κ2) is 9.44. The summed E-state index contributed by atoms with van der Waals surface area (Å²) in [5.74, 6) is 1.51. The molecule has 5 heteroatoms. The van der Waals surface area contributed by atoms with Crippen molar-refractivity contribution in [1.82, 2.24) is 10.2 Å². The van der Waals surface area contributed by atoms with Crippen LogP contribution in [0, 0.1) is 17.8 Å². The summed E-state index contributed by atoms with van der Waals surface area (Å²) in [6.07, 6.45) is 5.21. The maximum Gasteiger partial charge on any atom is 0.225 e. The normalized spacial score (nSPS) is 22.6. The van der Waals surface area contributed by atoms with Crippen LogP contribution in [0.1, 0.15) is 57.4 Å². The second-order valence-corrected chi connectivity index (χ2v) is 8.65. The molecule has 2 unspecified atom stereocenters. The molecule has 2 aliphatic rings. The van der Waals surface area contributed by atoms with E-state index < -0.39 is 0 Å². The smallest absolute Gasteiger partial charge is 0.225 e. The molecule has 1 aromatic rings. The number of amides is 2. The molecular weight excluding hydrogens is 352 g/mol. The Morgan fingerprint density at radius 1 is 1.18 bits per heavy atom. The minimum atomic E-state index is -0.228. The molecule has 5 nitrogen and oxygen atoms in total. The number of methoxy groups -OCH3 is 1. The van der Waals surface area contributed by atoms with Crippen LogP contribution in [0.25, 0.3) is 0 Å². The lowest BCUT2D eigenvalue weighted by molar-refractivity contribution is -0.134. The molecule has 0 bridgehead atoms. The molecule has 2 atom stereocenters. The lowest BCUT2D eigenvalue weighted by Gasteiger charge is -2.21. The van der Waals surface area contributed by atoms with Crippen LogP contribution in [0.2, 0.25) is 0 Å². The third-order valence-corrected chi connectivity index (χ3v) is 6.23. The number of hydrogen-bond donors (Lipinski definition) is 1. The lowest BCUT2D eigenvalue weighted by Crippen LogP contribution is -2.37. The molecule has 0 aromatic heterocycles. The minimum absolute atomic E-state index is 0.0273. The number of para-hydroxylation sites is 1. The van der Waals surface area contributed by atoms with E-state index >= 15 is 0 Å². The molecule has 1 aliphatic heterocycles. The maximum atomic E-state index is 13.0. The Morgan fingerprint density at radius 3 is 2.57 bits per heavy atom. The molecule has 2 amide bonds. The molecule has 154 valence electrons. The summed E-state index contributed by atoms with van der Waals surface area (Å²) in [4.78, 5) is 28.0. The summed E-state index contributed by atoms with van der Waals surface area (Å²) < 4.78 is 5.56. The Labute approximate surface area is 168 Å². The van der Waals surface area contributed by atoms with Crippen LogP contribution in [-0.2, 0) is 9.59 Å². The summed E-state index contributed by atoms with van der Waals surface area (Å²) in [5.41, 5.74) is 1.02. The number of nitrogens with zero attached hydrogens (tertiary/aromatic N) is 1. The average Bonchev–Trinajstić information content (AvgIpc) is 3.37. The SMILES string of the molecule is COc1ccccc1C1CN(C(=O)C2CCCC2)CC1C(=O)NCCC(C)C. The van der Waals surface area contributed by atoms with Crippen LogP contribution >= 0.6 is 0 Å². The minimum Gasteiger partial charge on any atom is -0.496 e. The number of carbonyl (C=O) groups is 2. The largest absolute Gasteiger partial charge is 0.496 e. The zero-order valence-corrected chi connectivity index (χ0v) is 17.4. The number of hydrogen-bond acceptors (Lipinski definition) is 3. The standard InChI is InChI=1S/C23H34N2O3/c1-16(2)12-13-24-22(26)20-15-25(23(27)17-8-4-5-9-17)14-19(20)18-10-6-7-11-21(18)28-3/h6-7,10-11,16-17,19-20H,4-5,8-9,12-15H2,1-3H3,(H,24,26). The fraction of sp³-hybridized carbons (Fsp3) is 0.652. The molecule has 1 N–H and O–H groups in total. The molecule has 1 saturated heterocycles. The number of nitrogens with one attached hydrogen (secondary N) is 1.